The number of benzene rings is 1. The summed E-state index contributed by atoms with van der Waals surface area (Å²) >= 11 is 1.19. The van der Waals surface area contributed by atoms with Crippen molar-refractivity contribution in [2.75, 3.05) is 0 Å². The first kappa shape index (κ1) is 14.5. The van der Waals surface area contributed by atoms with Crippen LogP contribution >= 0.6 is 11.3 Å². The van der Waals surface area contributed by atoms with Gasteiger partial charge >= 0.3 is 5.97 Å². The maximum atomic E-state index is 13.1. The van der Waals surface area contributed by atoms with Crippen LogP contribution in [0.1, 0.15) is 29.4 Å². The highest BCUT2D eigenvalue weighted by Gasteiger charge is 2.17. The van der Waals surface area contributed by atoms with Crippen LogP contribution in [0.5, 0.6) is 0 Å². The van der Waals surface area contributed by atoms with Gasteiger partial charge in [0.25, 0.3) is 5.91 Å². The summed E-state index contributed by atoms with van der Waals surface area (Å²) in [6.07, 6.45) is 0.430. The fourth-order valence-electron chi connectivity index (χ4n) is 1.88. The molecule has 0 spiro atoms. The molecular formula is C14H14FNO3S. The summed E-state index contributed by atoms with van der Waals surface area (Å²) in [5.74, 6) is -1.61. The number of thiophene rings is 1. The molecule has 6 heteroatoms. The van der Waals surface area contributed by atoms with Gasteiger partial charge in [-0.1, -0.05) is 13.0 Å². The highest BCUT2D eigenvalue weighted by Crippen LogP contribution is 2.26. The van der Waals surface area contributed by atoms with Crippen molar-refractivity contribution < 1.29 is 19.1 Å². The highest BCUT2D eigenvalue weighted by molar-refractivity contribution is 7.20. The Balaban J connectivity index is 2.16. The highest BCUT2D eigenvalue weighted by atomic mass is 32.1. The van der Waals surface area contributed by atoms with Gasteiger partial charge in [-0.05, 0) is 30.0 Å². The standard InChI is InChI=1S/C14H14FNO3S/c1-2-10(7-13(17)18)16-14(19)12-5-8-3-4-9(15)6-11(8)20-12/h3-6,10H,2,7H2,1H3,(H,16,19)(H,17,18). The number of amides is 1. The van der Waals surface area contributed by atoms with E-state index in [1.54, 1.807) is 12.1 Å². The zero-order valence-corrected chi connectivity index (χ0v) is 11.7. The molecule has 0 aliphatic rings. The molecule has 106 valence electrons. The topological polar surface area (TPSA) is 66.4 Å². The summed E-state index contributed by atoms with van der Waals surface area (Å²) in [5.41, 5.74) is 0. The number of rotatable bonds is 5. The average molecular weight is 295 g/mol. The minimum absolute atomic E-state index is 0.109. The van der Waals surface area contributed by atoms with E-state index < -0.39 is 12.0 Å². The molecule has 1 amide bonds. The van der Waals surface area contributed by atoms with Gasteiger partial charge < -0.3 is 10.4 Å². The van der Waals surface area contributed by atoms with Crippen LogP contribution in [0.2, 0.25) is 0 Å². The van der Waals surface area contributed by atoms with Crippen LogP contribution in [-0.4, -0.2) is 23.0 Å². The molecule has 4 nitrogen and oxygen atoms in total. The number of carbonyl (C=O) groups is 2. The Labute approximate surface area is 119 Å². The summed E-state index contributed by atoms with van der Waals surface area (Å²) in [4.78, 5) is 23.2. The van der Waals surface area contributed by atoms with Crippen LogP contribution in [0.3, 0.4) is 0 Å². The molecular weight excluding hydrogens is 281 g/mol. The molecule has 1 unspecified atom stereocenters. The summed E-state index contributed by atoms with van der Waals surface area (Å²) in [7, 11) is 0. The van der Waals surface area contributed by atoms with Crippen molar-refractivity contribution in [2.24, 2.45) is 0 Å². The molecule has 0 radical (unpaired) electrons. The number of hydrogen-bond acceptors (Lipinski definition) is 3. The average Bonchev–Trinajstić information content (AvgIpc) is 2.80. The van der Waals surface area contributed by atoms with E-state index in [4.69, 9.17) is 5.11 Å². The minimum atomic E-state index is -0.949. The van der Waals surface area contributed by atoms with E-state index in [0.29, 0.717) is 16.0 Å². The summed E-state index contributed by atoms with van der Waals surface area (Å²) in [5, 5.41) is 12.2. The molecule has 1 heterocycles. The number of nitrogens with one attached hydrogen (secondary N) is 1. The van der Waals surface area contributed by atoms with Gasteiger partial charge in [0, 0.05) is 10.7 Å². The number of aliphatic carboxylic acids is 1. The molecule has 1 aromatic carbocycles. The Morgan fingerprint density at radius 3 is 2.80 bits per heavy atom. The Hall–Kier alpha value is -1.95. The van der Waals surface area contributed by atoms with Gasteiger partial charge in [0.05, 0.1) is 11.3 Å². The normalized spacial score (nSPS) is 12.3. The maximum Gasteiger partial charge on any atom is 0.305 e. The fourth-order valence-corrected chi connectivity index (χ4v) is 2.87. The lowest BCUT2D eigenvalue weighted by Crippen LogP contribution is -2.35. The van der Waals surface area contributed by atoms with Crippen LogP contribution < -0.4 is 5.32 Å². The van der Waals surface area contributed by atoms with E-state index in [1.807, 2.05) is 6.92 Å². The lowest BCUT2D eigenvalue weighted by molar-refractivity contribution is -0.137. The summed E-state index contributed by atoms with van der Waals surface area (Å²) in [6.45, 7) is 1.81. The molecule has 0 aliphatic heterocycles. The van der Waals surface area contributed by atoms with E-state index in [-0.39, 0.29) is 18.1 Å². The number of fused-ring (bicyclic) bond motifs is 1. The predicted octanol–water partition coefficient (Wildman–Crippen LogP) is 3.02. The van der Waals surface area contributed by atoms with Crippen molar-refractivity contribution in [1.82, 2.24) is 5.32 Å². The van der Waals surface area contributed by atoms with Crippen LogP contribution in [0.4, 0.5) is 4.39 Å². The van der Waals surface area contributed by atoms with Gasteiger partial charge in [0.1, 0.15) is 5.82 Å². The molecule has 2 rings (SSSR count). The minimum Gasteiger partial charge on any atom is -0.481 e. The van der Waals surface area contributed by atoms with Crippen LogP contribution in [0, 0.1) is 5.82 Å². The quantitative estimate of drug-likeness (QED) is 0.891. The fraction of sp³-hybridized carbons (Fsp3) is 0.286. The van der Waals surface area contributed by atoms with Crippen molar-refractivity contribution in [1.29, 1.82) is 0 Å². The van der Waals surface area contributed by atoms with Gasteiger partial charge in [-0.15, -0.1) is 11.3 Å². The van der Waals surface area contributed by atoms with E-state index in [2.05, 4.69) is 5.32 Å². The molecule has 0 fully saturated rings. The van der Waals surface area contributed by atoms with E-state index in [1.165, 1.54) is 23.5 Å². The molecule has 0 bridgehead atoms. The molecule has 1 atom stereocenters. The number of hydrogen-bond donors (Lipinski definition) is 2. The third-order valence-electron chi connectivity index (χ3n) is 2.95. The SMILES string of the molecule is CCC(CC(=O)O)NC(=O)c1cc2ccc(F)cc2s1. The molecule has 0 saturated heterocycles. The Morgan fingerprint density at radius 2 is 2.15 bits per heavy atom. The first-order valence-electron chi connectivity index (χ1n) is 6.21. The van der Waals surface area contributed by atoms with Crippen LogP contribution in [0.15, 0.2) is 24.3 Å². The summed E-state index contributed by atoms with van der Waals surface area (Å²) < 4.78 is 13.8. The van der Waals surface area contributed by atoms with Crippen molar-refractivity contribution in [3.8, 4) is 0 Å². The Morgan fingerprint density at radius 1 is 1.40 bits per heavy atom. The second kappa shape index (κ2) is 6.00. The van der Waals surface area contributed by atoms with Crippen LogP contribution in [-0.2, 0) is 4.79 Å². The number of carboxylic acid groups (broad SMARTS) is 1. The van der Waals surface area contributed by atoms with Crippen molar-refractivity contribution in [2.45, 2.75) is 25.8 Å². The van der Waals surface area contributed by atoms with Crippen molar-refractivity contribution >= 4 is 33.3 Å². The van der Waals surface area contributed by atoms with Crippen molar-refractivity contribution in [3.63, 3.8) is 0 Å². The molecule has 1 aromatic heterocycles. The van der Waals surface area contributed by atoms with E-state index in [0.717, 1.165) is 5.39 Å². The third kappa shape index (κ3) is 3.33. The van der Waals surface area contributed by atoms with Gasteiger partial charge in [-0.2, -0.15) is 0 Å². The first-order chi connectivity index (χ1) is 9.49. The van der Waals surface area contributed by atoms with Gasteiger partial charge in [0.2, 0.25) is 0 Å². The lowest BCUT2D eigenvalue weighted by atomic mass is 10.1. The smallest absolute Gasteiger partial charge is 0.305 e. The molecule has 0 saturated carbocycles. The largest absolute Gasteiger partial charge is 0.481 e. The number of carboxylic acids is 1. The molecule has 20 heavy (non-hydrogen) atoms. The second-order valence-electron chi connectivity index (χ2n) is 4.47. The maximum absolute atomic E-state index is 13.1. The zero-order valence-electron chi connectivity index (χ0n) is 10.9. The van der Waals surface area contributed by atoms with Gasteiger partial charge in [-0.3, -0.25) is 9.59 Å². The summed E-state index contributed by atoms with van der Waals surface area (Å²) in [6, 6.07) is 5.62. The lowest BCUT2D eigenvalue weighted by Gasteiger charge is -2.13. The molecule has 0 aliphatic carbocycles. The van der Waals surface area contributed by atoms with E-state index in [9.17, 15) is 14.0 Å². The molecule has 2 N–H and O–H groups in total. The zero-order chi connectivity index (χ0) is 14.7. The van der Waals surface area contributed by atoms with Crippen molar-refractivity contribution in [3.05, 3.63) is 35.0 Å². The second-order valence-corrected chi connectivity index (χ2v) is 5.55. The van der Waals surface area contributed by atoms with Crippen LogP contribution in [0.25, 0.3) is 10.1 Å². The van der Waals surface area contributed by atoms with Gasteiger partial charge in [-0.25, -0.2) is 4.39 Å². The first-order valence-corrected chi connectivity index (χ1v) is 7.03. The number of carbonyl (C=O) groups excluding carboxylic acids is 1. The predicted molar refractivity (Wildman–Crippen MR) is 75.6 cm³/mol. The molecule has 2 aromatic rings. The monoisotopic (exact) mass is 295 g/mol. The van der Waals surface area contributed by atoms with Gasteiger partial charge in [0.15, 0.2) is 0 Å². The third-order valence-corrected chi connectivity index (χ3v) is 4.05. The number of halogens is 1. The van der Waals surface area contributed by atoms with E-state index >= 15 is 0 Å². The Kier molecular flexibility index (Phi) is 4.34. The Bertz CT molecular complexity index is 653.